The minimum atomic E-state index is -1.11. The van der Waals surface area contributed by atoms with Gasteiger partial charge in [-0.1, -0.05) is 19.1 Å². The molecule has 0 spiro atoms. The number of non-ortho nitro benzene ring substituents is 1. The molecule has 3 N–H and O–H groups in total. The number of amides is 1. The van der Waals surface area contributed by atoms with Crippen LogP contribution in [0.4, 0.5) is 10.5 Å². The van der Waals surface area contributed by atoms with Gasteiger partial charge in [0.05, 0.1) is 40.9 Å². The number of allylic oxidation sites excluding steroid dienone is 1. The lowest BCUT2D eigenvalue weighted by Gasteiger charge is -2.31. The number of nitro benzene ring substituents is 1. The van der Waals surface area contributed by atoms with Crippen molar-refractivity contribution in [1.82, 2.24) is 5.32 Å². The first-order chi connectivity index (χ1) is 16.7. The molecule has 12 nitrogen and oxygen atoms in total. The number of hydrogen-bond acceptors (Lipinski definition) is 10. The number of benzene rings is 1. The van der Waals surface area contributed by atoms with Crippen molar-refractivity contribution in [2.75, 3.05) is 33.0 Å². The number of carbonyl (C=O) groups is 3. The van der Waals surface area contributed by atoms with E-state index in [1.54, 1.807) is 19.9 Å². The predicted octanol–water partition coefficient (Wildman–Crippen LogP) is 2.44. The zero-order chi connectivity index (χ0) is 26.0. The second-order valence-corrected chi connectivity index (χ2v) is 7.42. The molecular formula is C23H29N3O9. The first-order valence-corrected chi connectivity index (χ1v) is 11.0. The Bertz CT molecular complexity index is 1030. The summed E-state index contributed by atoms with van der Waals surface area (Å²) >= 11 is 0. The summed E-state index contributed by atoms with van der Waals surface area (Å²) in [4.78, 5) is 48.2. The highest BCUT2D eigenvalue weighted by Gasteiger charge is 2.39. The van der Waals surface area contributed by atoms with Crippen LogP contribution in [0.2, 0.25) is 0 Å². The van der Waals surface area contributed by atoms with Gasteiger partial charge in [-0.25, -0.2) is 14.4 Å². The number of ether oxygens (including phenoxy) is 4. The molecule has 0 saturated heterocycles. The zero-order valence-electron chi connectivity index (χ0n) is 19.8. The molecule has 2 rings (SSSR count). The van der Waals surface area contributed by atoms with E-state index in [1.165, 1.54) is 18.2 Å². The molecule has 1 aliphatic rings. The molecule has 1 heterocycles. The van der Waals surface area contributed by atoms with Crippen LogP contribution in [0.25, 0.3) is 0 Å². The Labute approximate surface area is 202 Å². The predicted molar refractivity (Wildman–Crippen MR) is 123 cm³/mol. The molecule has 0 radical (unpaired) electrons. The van der Waals surface area contributed by atoms with Crippen molar-refractivity contribution in [3.63, 3.8) is 0 Å². The molecule has 1 unspecified atom stereocenters. The monoisotopic (exact) mass is 491 g/mol. The van der Waals surface area contributed by atoms with Gasteiger partial charge in [0.25, 0.3) is 5.69 Å². The van der Waals surface area contributed by atoms with E-state index in [2.05, 4.69) is 5.32 Å². The van der Waals surface area contributed by atoms with Crippen molar-refractivity contribution in [3.8, 4) is 0 Å². The van der Waals surface area contributed by atoms with E-state index in [9.17, 15) is 24.5 Å². The van der Waals surface area contributed by atoms with Gasteiger partial charge in [0.15, 0.2) is 0 Å². The molecule has 12 heteroatoms. The molecule has 0 saturated carbocycles. The van der Waals surface area contributed by atoms with Crippen LogP contribution in [0.3, 0.4) is 0 Å². The fraction of sp³-hybridized carbons (Fsp3) is 0.435. The summed E-state index contributed by atoms with van der Waals surface area (Å²) in [7, 11) is 0. The van der Waals surface area contributed by atoms with Gasteiger partial charge < -0.3 is 30.0 Å². The number of esters is 2. The largest absolute Gasteiger partial charge is 0.463 e. The van der Waals surface area contributed by atoms with E-state index in [0.29, 0.717) is 12.3 Å². The van der Waals surface area contributed by atoms with E-state index in [0.717, 1.165) is 6.42 Å². The number of nitro groups is 1. The standard InChI is InChI=1S/C23H29N3O9/c1-4-9-32-10-11-34-21(27)18-14(3)25-17(13-35-23(24)29)20(22(28)33-5-2)19(18)15-7-6-8-16(12-15)26(30)31/h6-8,12,19,25H,4-5,9-11,13H2,1-3H3,(H2,24,29). The molecule has 1 atom stereocenters. The summed E-state index contributed by atoms with van der Waals surface area (Å²) < 4.78 is 20.8. The van der Waals surface area contributed by atoms with Crippen LogP contribution in [-0.4, -0.2) is 56.0 Å². The van der Waals surface area contributed by atoms with Crippen molar-refractivity contribution >= 4 is 23.7 Å². The third-order valence-corrected chi connectivity index (χ3v) is 4.94. The highest BCUT2D eigenvalue weighted by atomic mass is 16.6. The topological polar surface area (TPSA) is 169 Å². The summed E-state index contributed by atoms with van der Waals surface area (Å²) in [6.07, 6.45) is -0.269. The van der Waals surface area contributed by atoms with Gasteiger partial charge in [0, 0.05) is 24.4 Å². The van der Waals surface area contributed by atoms with E-state index in [1.807, 2.05) is 6.92 Å². The molecule has 0 aliphatic carbocycles. The highest BCUT2D eigenvalue weighted by molar-refractivity contribution is 6.00. The molecule has 0 bridgehead atoms. The fourth-order valence-corrected chi connectivity index (χ4v) is 3.54. The van der Waals surface area contributed by atoms with Crippen LogP contribution < -0.4 is 11.1 Å². The van der Waals surface area contributed by atoms with Gasteiger partial charge in [0.2, 0.25) is 0 Å². The van der Waals surface area contributed by atoms with Gasteiger partial charge in [0.1, 0.15) is 13.2 Å². The van der Waals surface area contributed by atoms with E-state index in [-0.39, 0.29) is 47.9 Å². The Balaban J connectivity index is 2.59. The number of carbonyl (C=O) groups excluding carboxylic acids is 3. The molecule has 35 heavy (non-hydrogen) atoms. The van der Waals surface area contributed by atoms with Gasteiger partial charge in [-0.3, -0.25) is 10.1 Å². The Morgan fingerprint density at radius 3 is 2.40 bits per heavy atom. The van der Waals surface area contributed by atoms with Crippen LogP contribution in [0.5, 0.6) is 0 Å². The van der Waals surface area contributed by atoms with E-state index >= 15 is 0 Å². The minimum Gasteiger partial charge on any atom is -0.463 e. The number of nitrogens with one attached hydrogen (secondary N) is 1. The van der Waals surface area contributed by atoms with Crippen LogP contribution in [-0.2, 0) is 28.5 Å². The van der Waals surface area contributed by atoms with Crippen molar-refractivity contribution < 1.29 is 38.3 Å². The maximum atomic E-state index is 13.2. The van der Waals surface area contributed by atoms with Crippen molar-refractivity contribution in [3.05, 3.63) is 62.5 Å². The molecular weight excluding hydrogens is 462 g/mol. The smallest absolute Gasteiger partial charge is 0.404 e. The first-order valence-electron chi connectivity index (χ1n) is 11.0. The minimum absolute atomic E-state index is 0.0190. The Hall–Kier alpha value is -3.93. The number of primary amides is 1. The molecule has 1 amide bonds. The summed E-state index contributed by atoms with van der Waals surface area (Å²) in [6, 6.07) is 5.52. The van der Waals surface area contributed by atoms with Crippen LogP contribution >= 0.6 is 0 Å². The molecule has 0 fully saturated rings. The third-order valence-electron chi connectivity index (χ3n) is 4.94. The lowest BCUT2D eigenvalue weighted by Crippen LogP contribution is -2.35. The highest BCUT2D eigenvalue weighted by Crippen LogP contribution is 2.40. The maximum absolute atomic E-state index is 13.2. The van der Waals surface area contributed by atoms with E-state index < -0.39 is 35.5 Å². The Morgan fingerprint density at radius 1 is 1.06 bits per heavy atom. The quantitative estimate of drug-likeness (QED) is 0.146. The third kappa shape index (κ3) is 7.27. The summed E-state index contributed by atoms with van der Waals surface area (Å²) in [6.45, 7) is 5.37. The van der Waals surface area contributed by atoms with Gasteiger partial charge >= 0.3 is 18.0 Å². The molecule has 1 aromatic rings. The molecule has 1 aromatic carbocycles. The Kier molecular flexibility index (Phi) is 10.2. The lowest BCUT2D eigenvalue weighted by molar-refractivity contribution is -0.384. The van der Waals surface area contributed by atoms with Crippen LogP contribution in [0.1, 0.15) is 38.7 Å². The van der Waals surface area contributed by atoms with Gasteiger partial charge in [-0.2, -0.15) is 0 Å². The number of dihydropyridines is 1. The first kappa shape index (κ1) is 27.3. The number of rotatable bonds is 12. The number of hydrogen-bond donors (Lipinski definition) is 2. The summed E-state index contributed by atoms with van der Waals surface area (Å²) in [5.74, 6) is -2.65. The zero-order valence-corrected chi connectivity index (χ0v) is 19.8. The van der Waals surface area contributed by atoms with Crippen LogP contribution in [0, 0.1) is 10.1 Å². The molecule has 190 valence electrons. The molecule has 0 aromatic heterocycles. The van der Waals surface area contributed by atoms with Gasteiger partial charge in [-0.05, 0) is 25.8 Å². The van der Waals surface area contributed by atoms with Crippen LogP contribution in [0.15, 0.2) is 46.8 Å². The van der Waals surface area contributed by atoms with Crippen molar-refractivity contribution in [2.24, 2.45) is 5.73 Å². The summed E-state index contributed by atoms with van der Waals surface area (Å²) in [5, 5.41) is 14.3. The van der Waals surface area contributed by atoms with Gasteiger partial charge in [-0.15, -0.1) is 0 Å². The second kappa shape index (κ2) is 13.1. The van der Waals surface area contributed by atoms with Crippen molar-refractivity contribution in [2.45, 2.75) is 33.1 Å². The van der Waals surface area contributed by atoms with E-state index in [4.69, 9.17) is 24.7 Å². The average molecular weight is 491 g/mol. The van der Waals surface area contributed by atoms with Crippen molar-refractivity contribution in [1.29, 1.82) is 0 Å². The number of nitrogens with two attached hydrogens (primary N) is 1. The second-order valence-electron chi connectivity index (χ2n) is 7.42. The fourth-order valence-electron chi connectivity index (χ4n) is 3.54. The maximum Gasteiger partial charge on any atom is 0.404 e. The lowest BCUT2D eigenvalue weighted by atomic mass is 9.80. The normalized spacial score (nSPS) is 15.3. The number of nitrogens with zero attached hydrogens (tertiary/aromatic N) is 1. The Morgan fingerprint density at radius 2 is 1.77 bits per heavy atom. The SMILES string of the molecule is CCCOCCOC(=O)C1=C(C)NC(COC(N)=O)=C(C(=O)OCC)C1c1cccc([N+](=O)[O-])c1. The summed E-state index contributed by atoms with van der Waals surface area (Å²) in [5.41, 5.74) is 5.53. The average Bonchev–Trinajstić information content (AvgIpc) is 2.82. The molecule has 1 aliphatic heterocycles.